The Morgan fingerprint density at radius 3 is 3.00 bits per heavy atom. The van der Waals surface area contributed by atoms with Crippen LogP contribution in [0.3, 0.4) is 0 Å². The minimum absolute atomic E-state index is 0.363. The van der Waals surface area contributed by atoms with E-state index in [0.717, 1.165) is 19.8 Å². The fourth-order valence-electron chi connectivity index (χ4n) is 1.83. The maximum absolute atomic E-state index is 8.59. The second kappa shape index (κ2) is 6.00. The molecule has 14 heavy (non-hydrogen) atoms. The number of ether oxygens (including phenoxy) is 1. The van der Waals surface area contributed by atoms with Crippen LogP contribution in [0.15, 0.2) is 0 Å². The fraction of sp³-hybridized carbons (Fsp3) is 0.909. The van der Waals surface area contributed by atoms with Crippen LogP contribution >= 0.6 is 0 Å². The van der Waals surface area contributed by atoms with Crippen LogP contribution < -0.4 is 0 Å². The molecule has 1 heterocycles. The van der Waals surface area contributed by atoms with Crippen molar-refractivity contribution in [3.8, 4) is 6.07 Å². The third-order valence-electron chi connectivity index (χ3n) is 2.94. The van der Waals surface area contributed by atoms with Crippen LogP contribution in [0.4, 0.5) is 0 Å². The summed E-state index contributed by atoms with van der Waals surface area (Å²) in [7, 11) is 2.09. The van der Waals surface area contributed by atoms with Gasteiger partial charge in [-0.2, -0.15) is 5.26 Å². The summed E-state index contributed by atoms with van der Waals surface area (Å²) in [5.41, 5.74) is 0. The molecule has 1 fully saturated rings. The largest absolute Gasteiger partial charge is 0.381 e. The predicted molar refractivity (Wildman–Crippen MR) is 55.9 cm³/mol. The van der Waals surface area contributed by atoms with Crippen LogP contribution in [0.5, 0.6) is 0 Å². The molecule has 0 aliphatic carbocycles. The topological polar surface area (TPSA) is 36.3 Å². The second-order valence-electron chi connectivity index (χ2n) is 4.23. The van der Waals surface area contributed by atoms with Gasteiger partial charge >= 0.3 is 0 Å². The third kappa shape index (κ3) is 3.65. The van der Waals surface area contributed by atoms with Gasteiger partial charge in [0.15, 0.2) is 0 Å². The zero-order chi connectivity index (χ0) is 10.4. The predicted octanol–water partition coefficient (Wildman–Crippen LogP) is 1.65. The van der Waals surface area contributed by atoms with Crippen LogP contribution in [0.1, 0.15) is 26.2 Å². The summed E-state index contributed by atoms with van der Waals surface area (Å²) in [5.74, 6) is 0.662. The van der Waals surface area contributed by atoms with E-state index in [9.17, 15) is 0 Å². The summed E-state index contributed by atoms with van der Waals surface area (Å²) in [4.78, 5) is 2.27. The van der Waals surface area contributed by atoms with E-state index in [4.69, 9.17) is 10.00 Å². The van der Waals surface area contributed by atoms with Gasteiger partial charge in [-0.3, -0.25) is 0 Å². The lowest BCUT2D eigenvalue weighted by Crippen LogP contribution is -2.36. The molecule has 0 amide bonds. The highest BCUT2D eigenvalue weighted by atomic mass is 16.5. The molecule has 3 nitrogen and oxygen atoms in total. The Balaban J connectivity index is 2.24. The summed E-state index contributed by atoms with van der Waals surface area (Å²) in [6, 6.07) is 2.58. The van der Waals surface area contributed by atoms with E-state index >= 15 is 0 Å². The van der Waals surface area contributed by atoms with E-state index in [1.54, 1.807) is 0 Å². The van der Waals surface area contributed by atoms with Crippen LogP contribution in [-0.2, 0) is 4.74 Å². The summed E-state index contributed by atoms with van der Waals surface area (Å²) in [6.07, 6.45) is 3.07. The standard InChI is InChI=1S/C11H20N2O/c1-10(5-6-12)13(2)8-11-4-3-7-14-9-11/h10-11H,3-5,7-9H2,1-2H3. The van der Waals surface area contributed by atoms with Gasteiger partial charge < -0.3 is 9.64 Å². The van der Waals surface area contributed by atoms with E-state index in [1.165, 1.54) is 12.8 Å². The van der Waals surface area contributed by atoms with Crippen molar-refractivity contribution in [2.75, 3.05) is 26.8 Å². The molecular weight excluding hydrogens is 176 g/mol. The molecule has 0 aromatic heterocycles. The average molecular weight is 196 g/mol. The van der Waals surface area contributed by atoms with Gasteiger partial charge in [0.1, 0.15) is 0 Å². The van der Waals surface area contributed by atoms with Gasteiger partial charge in [-0.25, -0.2) is 0 Å². The maximum Gasteiger partial charge on any atom is 0.0638 e. The molecule has 0 saturated carbocycles. The molecule has 2 unspecified atom stereocenters. The van der Waals surface area contributed by atoms with Gasteiger partial charge in [0.25, 0.3) is 0 Å². The van der Waals surface area contributed by atoms with Gasteiger partial charge in [-0.15, -0.1) is 0 Å². The SMILES string of the molecule is CC(CC#N)N(C)CC1CCCOC1. The van der Waals surface area contributed by atoms with Crippen LogP contribution in [0, 0.1) is 17.2 Å². The van der Waals surface area contributed by atoms with E-state index in [-0.39, 0.29) is 0 Å². The Bertz CT molecular complexity index is 194. The highest BCUT2D eigenvalue weighted by Crippen LogP contribution is 2.15. The molecule has 0 radical (unpaired) electrons. The lowest BCUT2D eigenvalue weighted by atomic mass is 10.0. The third-order valence-corrected chi connectivity index (χ3v) is 2.94. The smallest absolute Gasteiger partial charge is 0.0638 e. The molecule has 2 atom stereocenters. The zero-order valence-electron chi connectivity index (χ0n) is 9.20. The Hall–Kier alpha value is -0.590. The molecule has 3 heteroatoms. The highest BCUT2D eigenvalue weighted by Gasteiger charge is 2.18. The first-order chi connectivity index (χ1) is 6.74. The maximum atomic E-state index is 8.59. The average Bonchev–Trinajstić information content (AvgIpc) is 2.19. The van der Waals surface area contributed by atoms with Crippen molar-refractivity contribution in [3.05, 3.63) is 0 Å². The molecule has 0 spiro atoms. The molecule has 0 N–H and O–H groups in total. The van der Waals surface area contributed by atoms with Gasteiger partial charge in [-0.1, -0.05) is 0 Å². The first kappa shape index (κ1) is 11.5. The number of nitrogens with zero attached hydrogens (tertiary/aromatic N) is 2. The van der Waals surface area contributed by atoms with Crippen molar-refractivity contribution in [2.45, 2.75) is 32.2 Å². The Labute approximate surface area is 86.6 Å². The molecule has 0 aromatic rings. The lowest BCUT2D eigenvalue weighted by molar-refractivity contribution is 0.0375. The summed E-state index contributed by atoms with van der Waals surface area (Å²) < 4.78 is 5.43. The van der Waals surface area contributed by atoms with E-state index in [1.807, 2.05) is 0 Å². The van der Waals surface area contributed by atoms with Crippen molar-refractivity contribution < 1.29 is 4.74 Å². The van der Waals surface area contributed by atoms with E-state index in [2.05, 4.69) is 24.9 Å². The quantitative estimate of drug-likeness (QED) is 0.686. The van der Waals surface area contributed by atoms with Gasteiger partial charge in [-0.05, 0) is 32.7 Å². The minimum atomic E-state index is 0.363. The van der Waals surface area contributed by atoms with Crippen molar-refractivity contribution in [2.24, 2.45) is 5.92 Å². The molecular formula is C11H20N2O. The van der Waals surface area contributed by atoms with Crippen molar-refractivity contribution in [3.63, 3.8) is 0 Å². The molecule has 0 aromatic carbocycles. The zero-order valence-corrected chi connectivity index (χ0v) is 9.20. The van der Waals surface area contributed by atoms with Gasteiger partial charge in [0.05, 0.1) is 19.1 Å². The molecule has 1 aliphatic rings. The fourth-order valence-corrected chi connectivity index (χ4v) is 1.83. The first-order valence-corrected chi connectivity index (χ1v) is 5.39. The normalized spacial score (nSPS) is 24.6. The first-order valence-electron chi connectivity index (χ1n) is 5.39. The molecule has 1 rings (SSSR count). The van der Waals surface area contributed by atoms with Crippen molar-refractivity contribution in [1.29, 1.82) is 5.26 Å². The Kier molecular flexibility index (Phi) is 4.92. The summed E-state index contributed by atoms with van der Waals surface area (Å²) in [5, 5.41) is 8.59. The summed E-state index contributed by atoms with van der Waals surface area (Å²) >= 11 is 0. The number of nitriles is 1. The number of hydrogen-bond acceptors (Lipinski definition) is 3. The lowest BCUT2D eigenvalue weighted by Gasteiger charge is -2.29. The van der Waals surface area contributed by atoms with Crippen LogP contribution in [-0.4, -0.2) is 37.7 Å². The number of rotatable bonds is 4. The van der Waals surface area contributed by atoms with Crippen LogP contribution in [0.2, 0.25) is 0 Å². The molecule has 0 bridgehead atoms. The Morgan fingerprint density at radius 1 is 1.64 bits per heavy atom. The number of hydrogen-bond donors (Lipinski definition) is 0. The highest BCUT2D eigenvalue weighted by molar-refractivity contribution is 4.79. The van der Waals surface area contributed by atoms with Gasteiger partial charge in [0, 0.05) is 19.2 Å². The minimum Gasteiger partial charge on any atom is -0.381 e. The summed E-state index contributed by atoms with van der Waals surface area (Å²) in [6.45, 7) is 4.98. The second-order valence-corrected chi connectivity index (χ2v) is 4.23. The van der Waals surface area contributed by atoms with E-state index in [0.29, 0.717) is 18.4 Å². The Morgan fingerprint density at radius 2 is 2.43 bits per heavy atom. The molecule has 80 valence electrons. The van der Waals surface area contributed by atoms with E-state index < -0.39 is 0 Å². The van der Waals surface area contributed by atoms with Gasteiger partial charge in [0.2, 0.25) is 0 Å². The van der Waals surface area contributed by atoms with Crippen molar-refractivity contribution in [1.82, 2.24) is 4.90 Å². The molecule has 1 aliphatic heterocycles. The monoisotopic (exact) mass is 196 g/mol. The van der Waals surface area contributed by atoms with Crippen molar-refractivity contribution >= 4 is 0 Å². The molecule has 1 saturated heterocycles. The van der Waals surface area contributed by atoms with Crippen LogP contribution in [0.25, 0.3) is 0 Å².